The molecule has 15 heavy (non-hydrogen) atoms. The fourth-order valence-electron chi connectivity index (χ4n) is 2.56. The first-order valence-corrected chi connectivity index (χ1v) is 7.24. The predicted molar refractivity (Wildman–Crippen MR) is 71.3 cm³/mol. The van der Waals surface area contributed by atoms with E-state index in [1.807, 2.05) is 0 Å². The molecule has 0 nitrogen and oxygen atoms in total. The Kier molecular flexibility index (Phi) is 9.24. The summed E-state index contributed by atoms with van der Waals surface area (Å²) < 4.78 is 0. The molecule has 0 fully saturated rings. The van der Waals surface area contributed by atoms with Crippen molar-refractivity contribution in [2.24, 2.45) is 5.41 Å². The molecule has 0 bridgehead atoms. The van der Waals surface area contributed by atoms with Gasteiger partial charge in [-0.1, -0.05) is 79.1 Å². The molecule has 0 aromatic heterocycles. The van der Waals surface area contributed by atoms with Crippen LogP contribution in [0.2, 0.25) is 0 Å². The van der Waals surface area contributed by atoms with E-state index < -0.39 is 0 Å². The second kappa shape index (κ2) is 9.24. The van der Waals surface area contributed by atoms with Crippen LogP contribution in [0.5, 0.6) is 0 Å². The van der Waals surface area contributed by atoms with Gasteiger partial charge in [-0.25, -0.2) is 0 Å². The molecule has 0 aromatic rings. The van der Waals surface area contributed by atoms with Crippen molar-refractivity contribution in [3.05, 3.63) is 0 Å². The van der Waals surface area contributed by atoms with Gasteiger partial charge in [0.05, 0.1) is 0 Å². The van der Waals surface area contributed by atoms with Crippen LogP contribution in [-0.2, 0) is 0 Å². The van der Waals surface area contributed by atoms with E-state index in [9.17, 15) is 0 Å². The maximum absolute atomic E-state index is 2.39. The third-order valence-corrected chi connectivity index (χ3v) is 4.12. The molecular weight excluding hydrogens is 180 g/mol. The first-order valence-electron chi connectivity index (χ1n) is 7.24. The van der Waals surface area contributed by atoms with Crippen LogP contribution in [0.25, 0.3) is 0 Å². The molecule has 0 spiro atoms. The van der Waals surface area contributed by atoms with Gasteiger partial charge in [0, 0.05) is 0 Å². The Bertz CT molecular complexity index is 122. The van der Waals surface area contributed by atoms with Gasteiger partial charge < -0.3 is 0 Å². The Labute approximate surface area is 97.8 Å². The van der Waals surface area contributed by atoms with Crippen molar-refractivity contribution in [1.82, 2.24) is 0 Å². The summed E-state index contributed by atoms with van der Waals surface area (Å²) in [6, 6.07) is 0. The summed E-state index contributed by atoms with van der Waals surface area (Å²) in [6.45, 7) is 9.38. The van der Waals surface area contributed by atoms with E-state index >= 15 is 0 Å². The Morgan fingerprint density at radius 2 is 1.13 bits per heavy atom. The second-order valence-electron chi connectivity index (χ2n) is 5.12. The molecule has 0 unspecified atom stereocenters. The Morgan fingerprint density at radius 1 is 0.600 bits per heavy atom. The summed E-state index contributed by atoms with van der Waals surface area (Å²) >= 11 is 0. The van der Waals surface area contributed by atoms with Crippen molar-refractivity contribution in [2.45, 2.75) is 91.9 Å². The van der Waals surface area contributed by atoms with E-state index in [4.69, 9.17) is 0 Å². The van der Waals surface area contributed by atoms with E-state index in [0.29, 0.717) is 5.41 Å². The van der Waals surface area contributed by atoms with Crippen LogP contribution < -0.4 is 0 Å². The molecule has 0 aliphatic heterocycles. The van der Waals surface area contributed by atoms with E-state index in [1.165, 1.54) is 64.2 Å². The minimum Gasteiger partial charge on any atom is -0.0654 e. The molecule has 92 valence electrons. The molecule has 0 atom stereocenters. The molecule has 0 amide bonds. The van der Waals surface area contributed by atoms with Crippen LogP contribution in [0.15, 0.2) is 0 Å². The van der Waals surface area contributed by atoms with Gasteiger partial charge in [0.2, 0.25) is 0 Å². The predicted octanol–water partition coefficient (Wildman–Crippen LogP) is 5.95. The lowest BCUT2D eigenvalue weighted by Crippen LogP contribution is -2.18. The van der Waals surface area contributed by atoms with Crippen LogP contribution >= 0.6 is 0 Å². The average Bonchev–Trinajstić information content (AvgIpc) is 2.29. The first-order chi connectivity index (χ1) is 7.24. The largest absolute Gasteiger partial charge is 0.0654 e. The SMILES string of the molecule is CCCCCCC(CC)(CC)CCCC. The summed E-state index contributed by atoms with van der Waals surface area (Å²) in [6.07, 6.45) is 14.2. The highest BCUT2D eigenvalue weighted by atomic mass is 14.3. The van der Waals surface area contributed by atoms with E-state index in [0.717, 1.165) is 0 Å². The smallest absolute Gasteiger partial charge is 0.0303 e. The van der Waals surface area contributed by atoms with Crippen molar-refractivity contribution >= 4 is 0 Å². The lowest BCUT2D eigenvalue weighted by atomic mass is 9.74. The molecule has 0 saturated heterocycles. The number of hydrogen-bond acceptors (Lipinski definition) is 0. The second-order valence-corrected chi connectivity index (χ2v) is 5.12. The zero-order valence-electron chi connectivity index (χ0n) is 11.6. The molecule has 0 aromatic carbocycles. The fraction of sp³-hybridized carbons (Fsp3) is 1.00. The number of hydrogen-bond donors (Lipinski definition) is 0. The average molecular weight is 212 g/mol. The molecule has 0 heteroatoms. The summed E-state index contributed by atoms with van der Waals surface area (Å²) in [5, 5.41) is 0. The van der Waals surface area contributed by atoms with Gasteiger partial charge in [0.25, 0.3) is 0 Å². The monoisotopic (exact) mass is 212 g/mol. The zero-order chi connectivity index (χ0) is 11.6. The van der Waals surface area contributed by atoms with Crippen molar-refractivity contribution < 1.29 is 0 Å². The highest BCUT2D eigenvalue weighted by molar-refractivity contribution is 4.76. The first kappa shape index (κ1) is 15.0. The standard InChI is InChI=1S/C15H32/c1-5-9-11-12-14-15(7-3,8-4)13-10-6-2/h5-14H2,1-4H3. The zero-order valence-corrected chi connectivity index (χ0v) is 11.6. The third kappa shape index (κ3) is 6.22. The quantitative estimate of drug-likeness (QED) is 0.392. The number of rotatable bonds is 10. The van der Waals surface area contributed by atoms with Gasteiger partial charge in [-0.2, -0.15) is 0 Å². The molecule has 0 heterocycles. The van der Waals surface area contributed by atoms with Gasteiger partial charge in [-0.15, -0.1) is 0 Å². The van der Waals surface area contributed by atoms with Crippen LogP contribution in [-0.4, -0.2) is 0 Å². The molecule has 0 aliphatic carbocycles. The lowest BCUT2D eigenvalue weighted by molar-refractivity contribution is 0.204. The molecule has 0 saturated carbocycles. The fourth-order valence-corrected chi connectivity index (χ4v) is 2.56. The van der Waals surface area contributed by atoms with Crippen molar-refractivity contribution in [3.63, 3.8) is 0 Å². The van der Waals surface area contributed by atoms with Gasteiger partial charge in [-0.3, -0.25) is 0 Å². The minimum absolute atomic E-state index is 0.684. The van der Waals surface area contributed by atoms with E-state index in [2.05, 4.69) is 27.7 Å². The summed E-state index contributed by atoms with van der Waals surface area (Å²) in [4.78, 5) is 0. The lowest BCUT2D eigenvalue weighted by Gasteiger charge is -2.32. The molecule has 0 aliphatic rings. The molecule has 0 rings (SSSR count). The Morgan fingerprint density at radius 3 is 1.60 bits per heavy atom. The molecular formula is C15H32. The van der Waals surface area contributed by atoms with Crippen LogP contribution in [0.3, 0.4) is 0 Å². The van der Waals surface area contributed by atoms with Crippen LogP contribution in [0.4, 0.5) is 0 Å². The maximum Gasteiger partial charge on any atom is -0.0303 e. The Balaban J connectivity index is 3.88. The third-order valence-electron chi connectivity index (χ3n) is 4.12. The van der Waals surface area contributed by atoms with Gasteiger partial charge >= 0.3 is 0 Å². The van der Waals surface area contributed by atoms with Crippen LogP contribution in [0.1, 0.15) is 91.9 Å². The minimum atomic E-state index is 0.684. The Hall–Kier alpha value is 0. The molecule has 0 N–H and O–H groups in total. The van der Waals surface area contributed by atoms with Gasteiger partial charge in [-0.05, 0) is 18.3 Å². The van der Waals surface area contributed by atoms with Gasteiger partial charge in [0.1, 0.15) is 0 Å². The van der Waals surface area contributed by atoms with Crippen LogP contribution in [0, 0.1) is 5.41 Å². The highest BCUT2D eigenvalue weighted by Gasteiger charge is 2.24. The van der Waals surface area contributed by atoms with Crippen molar-refractivity contribution in [1.29, 1.82) is 0 Å². The van der Waals surface area contributed by atoms with Crippen molar-refractivity contribution in [2.75, 3.05) is 0 Å². The topological polar surface area (TPSA) is 0 Å². The summed E-state index contributed by atoms with van der Waals surface area (Å²) in [7, 11) is 0. The van der Waals surface area contributed by atoms with Crippen molar-refractivity contribution in [3.8, 4) is 0 Å². The van der Waals surface area contributed by atoms with E-state index in [1.54, 1.807) is 0 Å². The normalized spacial score (nSPS) is 12.0. The summed E-state index contributed by atoms with van der Waals surface area (Å²) in [5.41, 5.74) is 0.684. The molecule has 0 radical (unpaired) electrons. The highest BCUT2D eigenvalue weighted by Crippen LogP contribution is 2.37. The summed E-state index contributed by atoms with van der Waals surface area (Å²) in [5.74, 6) is 0. The van der Waals surface area contributed by atoms with E-state index in [-0.39, 0.29) is 0 Å². The van der Waals surface area contributed by atoms with Gasteiger partial charge in [0.15, 0.2) is 0 Å². The number of unbranched alkanes of at least 4 members (excludes halogenated alkanes) is 4. The maximum atomic E-state index is 2.39.